The molecule has 0 bridgehead atoms. The maximum atomic E-state index is 5.72. The molecule has 0 aliphatic carbocycles. The minimum absolute atomic E-state index is 0.0304. The van der Waals surface area contributed by atoms with Gasteiger partial charge in [0.15, 0.2) is 0 Å². The van der Waals surface area contributed by atoms with Crippen molar-refractivity contribution < 1.29 is 4.74 Å². The van der Waals surface area contributed by atoms with Crippen LogP contribution in [0.15, 0.2) is 43.0 Å². The van der Waals surface area contributed by atoms with Gasteiger partial charge in [-0.25, -0.2) is 0 Å². The zero-order valence-electron chi connectivity index (χ0n) is 11.6. The first-order valence-electron chi connectivity index (χ1n) is 6.30. The molecule has 96 valence electrons. The Hall–Kier alpha value is -1.30. The molecule has 1 unspecified atom stereocenters. The van der Waals surface area contributed by atoms with E-state index in [-0.39, 0.29) is 6.10 Å². The molecule has 0 saturated heterocycles. The predicted molar refractivity (Wildman–Crippen MR) is 81.2 cm³/mol. The van der Waals surface area contributed by atoms with Crippen molar-refractivity contribution in [3.05, 3.63) is 48.6 Å². The van der Waals surface area contributed by atoms with Gasteiger partial charge in [-0.3, -0.25) is 0 Å². The molecule has 1 rings (SSSR count). The second kappa shape index (κ2) is 7.20. The molecule has 0 aliphatic heterocycles. The number of ether oxygens (including phenoxy) is 1. The fourth-order valence-corrected chi connectivity index (χ4v) is 2.05. The standard InChI is InChI=1S/C16H22OSi/c1-5-12-17-16(11-13-18(2,3)4)14-15-9-7-6-8-10-15/h5-10,16H,1,12,14H2,2-4H3. The molecule has 0 aliphatic rings. The van der Waals surface area contributed by atoms with E-state index in [4.69, 9.17) is 4.74 Å². The van der Waals surface area contributed by atoms with Gasteiger partial charge < -0.3 is 4.74 Å². The van der Waals surface area contributed by atoms with Gasteiger partial charge in [0.05, 0.1) is 6.61 Å². The van der Waals surface area contributed by atoms with Crippen molar-refractivity contribution in [1.82, 2.24) is 0 Å². The zero-order valence-corrected chi connectivity index (χ0v) is 12.6. The highest BCUT2D eigenvalue weighted by Crippen LogP contribution is 2.06. The Bertz CT molecular complexity index is 420. The van der Waals surface area contributed by atoms with Gasteiger partial charge in [-0.15, -0.1) is 12.1 Å². The third-order valence-corrected chi connectivity index (χ3v) is 3.18. The van der Waals surface area contributed by atoms with E-state index in [2.05, 4.69) is 49.8 Å². The van der Waals surface area contributed by atoms with Crippen LogP contribution in [-0.4, -0.2) is 20.8 Å². The normalized spacial score (nSPS) is 12.4. The lowest BCUT2D eigenvalue weighted by atomic mass is 10.1. The van der Waals surface area contributed by atoms with E-state index >= 15 is 0 Å². The highest BCUT2D eigenvalue weighted by Gasteiger charge is 2.10. The van der Waals surface area contributed by atoms with Crippen LogP contribution in [0.4, 0.5) is 0 Å². The largest absolute Gasteiger partial charge is 0.361 e. The van der Waals surface area contributed by atoms with Crippen LogP contribution in [0, 0.1) is 11.5 Å². The van der Waals surface area contributed by atoms with Gasteiger partial charge in [0.2, 0.25) is 0 Å². The first-order valence-corrected chi connectivity index (χ1v) is 9.80. The fraction of sp³-hybridized carbons (Fsp3) is 0.375. The van der Waals surface area contributed by atoms with Gasteiger partial charge >= 0.3 is 0 Å². The molecule has 0 fully saturated rings. The van der Waals surface area contributed by atoms with E-state index in [1.54, 1.807) is 6.08 Å². The van der Waals surface area contributed by atoms with Crippen LogP contribution < -0.4 is 0 Å². The molecule has 1 aromatic rings. The number of hydrogen-bond donors (Lipinski definition) is 0. The second-order valence-corrected chi connectivity index (χ2v) is 10.1. The Balaban J connectivity index is 2.71. The van der Waals surface area contributed by atoms with Crippen LogP contribution in [0.25, 0.3) is 0 Å². The van der Waals surface area contributed by atoms with Crippen LogP contribution in [0.3, 0.4) is 0 Å². The maximum absolute atomic E-state index is 5.72. The Morgan fingerprint density at radius 2 is 1.94 bits per heavy atom. The monoisotopic (exact) mass is 258 g/mol. The van der Waals surface area contributed by atoms with E-state index in [9.17, 15) is 0 Å². The van der Waals surface area contributed by atoms with Crippen LogP contribution >= 0.6 is 0 Å². The lowest BCUT2D eigenvalue weighted by Gasteiger charge is -2.12. The summed E-state index contributed by atoms with van der Waals surface area (Å²) in [4.78, 5) is 0. The van der Waals surface area contributed by atoms with Crippen molar-refractivity contribution in [3.63, 3.8) is 0 Å². The molecule has 0 saturated carbocycles. The van der Waals surface area contributed by atoms with E-state index < -0.39 is 8.07 Å². The third-order valence-electron chi connectivity index (χ3n) is 2.29. The van der Waals surface area contributed by atoms with E-state index in [0.717, 1.165) is 6.42 Å². The van der Waals surface area contributed by atoms with Crippen LogP contribution in [0.2, 0.25) is 19.6 Å². The molecule has 0 aromatic heterocycles. The molecule has 0 radical (unpaired) electrons. The maximum Gasteiger partial charge on any atom is 0.129 e. The van der Waals surface area contributed by atoms with Crippen molar-refractivity contribution in [2.24, 2.45) is 0 Å². The molecule has 2 heteroatoms. The minimum Gasteiger partial charge on any atom is -0.361 e. The second-order valence-electron chi connectivity index (χ2n) is 5.32. The summed E-state index contributed by atoms with van der Waals surface area (Å²) >= 11 is 0. The van der Waals surface area contributed by atoms with Crippen molar-refractivity contribution in [2.45, 2.75) is 32.2 Å². The average molecular weight is 258 g/mol. The molecule has 0 N–H and O–H groups in total. The van der Waals surface area contributed by atoms with Crippen molar-refractivity contribution in [2.75, 3.05) is 6.61 Å². The lowest BCUT2D eigenvalue weighted by Crippen LogP contribution is -2.20. The Labute approximate surface area is 112 Å². The first kappa shape index (κ1) is 14.8. The van der Waals surface area contributed by atoms with E-state index in [1.165, 1.54) is 5.56 Å². The number of benzene rings is 1. The molecule has 0 spiro atoms. The molecular formula is C16H22OSi. The number of hydrogen-bond acceptors (Lipinski definition) is 1. The molecule has 18 heavy (non-hydrogen) atoms. The summed E-state index contributed by atoms with van der Waals surface area (Å²) in [7, 11) is -1.34. The van der Waals surface area contributed by atoms with Crippen LogP contribution in [0.1, 0.15) is 5.56 Å². The lowest BCUT2D eigenvalue weighted by molar-refractivity contribution is 0.116. The summed E-state index contributed by atoms with van der Waals surface area (Å²) in [5, 5.41) is 0. The quantitative estimate of drug-likeness (QED) is 0.445. The predicted octanol–water partition coefficient (Wildman–Crippen LogP) is 3.68. The fourth-order valence-electron chi connectivity index (χ4n) is 1.46. The highest BCUT2D eigenvalue weighted by molar-refractivity contribution is 6.83. The van der Waals surface area contributed by atoms with Crippen molar-refractivity contribution >= 4 is 8.07 Å². The van der Waals surface area contributed by atoms with Crippen LogP contribution in [0.5, 0.6) is 0 Å². The molecule has 0 heterocycles. The van der Waals surface area contributed by atoms with Gasteiger partial charge in [0.25, 0.3) is 0 Å². The SMILES string of the molecule is C=CCOC(C#C[Si](C)(C)C)Cc1ccccc1. The van der Waals surface area contributed by atoms with Gasteiger partial charge in [-0.1, -0.05) is 62.0 Å². The molecular weight excluding hydrogens is 236 g/mol. The van der Waals surface area contributed by atoms with Gasteiger partial charge in [0.1, 0.15) is 14.2 Å². The molecule has 1 aromatic carbocycles. The Morgan fingerprint density at radius 3 is 2.50 bits per heavy atom. The van der Waals surface area contributed by atoms with Crippen LogP contribution in [-0.2, 0) is 11.2 Å². The third kappa shape index (κ3) is 6.44. The smallest absolute Gasteiger partial charge is 0.129 e. The topological polar surface area (TPSA) is 9.23 Å². The van der Waals surface area contributed by atoms with E-state index in [0.29, 0.717) is 6.61 Å². The molecule has 1 atom stereocenters. The van der Waals surface area contributed by atoms with Crippen molar-refractivity contribution in [3.8, 4) is 11.5 Å². The van der Waals surface area contributed by atoms with Gasteiger partial charge in [-0.2, -0.15) is 0 Å². The highest BCUT2D eigenvalue weighted by atomic mass is 28.3. The van der Waals surface area contributed by atoms with Gasteiger partial charge in [0, 0.05) is 6.42 Å². The Morgan fingerprint density at radius 1 is 1.28 bits per heavy atom. The minimum atomic E-state index is -1.34. The summed E-state index contributed by atoms with van der Waals surface area (Å²) in [6.07, 6.45) is 2.58. The summed E-state index contributed by atoms with van der Waals surface area (Å²) in [6.45, 7) is 11.0. The summed E-state index contributed by atoms with van der Waals surface area (Å²) < 4.78 is 5.72. The number of rotatable bonds is 5. The van der Waals surface area contributed by atoms with Gasteiger partial charge in [-0.05, 0) is 5.56 Å². The van der Waals surface area contributed by atoms with Crippen molar-refractivity contribution in [1.29, 1.82) is 0 Å². The van der Waals surface area contributed by atoms with E-state index in [1.807, 2.05) is 18.2 Å². The molecule has 1 nitrogen and oxygen atoms in total. The summed E-state index contributed by atoms with van der Waals surface area (Å²) in [5.41, 5.74) is 4.64. The zero-order chi connectivity index (χ0) is 13.4. The average Bonchev–Trinajstić information content (AvgIpc) is 2.33. The first-order chi connectivity index (χ1) is 8.51. The summed E-state index contributed by atoms with van der Waals surface area (Å²) in [6, 6.07) is 10.3. The summed E-state index contributed by atoms with van der Waals surface area (Å²) in [5.74, 6) is 3.28. The Kier molecular flexibility index (Phi) is 5.90. The molecule has 0 amide bonds.